The van der Waals surface area contributed by atoms with E-state index < -0.39 is 27.1 Å². The lowest BCUT2D eigenvalue weighted by Gasteiger charge is -2.30. The molecule has 1 aliphatic heterocycles. The van der Waals surface area contributed by atoms with Gasteiger partial charge >= 0.3 is 0 Å². The highest BCUT2D eigenvalue weighted by Gasteiger charge is 2.30. The molecule has 4 rings (SSSR count). The van der Waals surface area contributed by atoms with E-state index in [4.69, 9.17) is 14.2 Å². The minimum atomic E-state index is -3.93. The number of nitrogens with one attached hydrogen (secondary N) is 2. The van der Waals surface area contributed by atoms with Gasteiger partial charge in [0, 0.05) is 44.6 Å². The number of aliphatic hydroxyl groups is 1. The summed E-state index contributed by atoms with van der Waals surface area (Å²) < 4.78 is 44.5. The number of benzene rings is 2. The quantitative estimate of drug-likeness (QED) is 0.119. The Kier molecular flexibility index (Phi) is 11.8. The summed E-state index contributed by atoms with van der Waals surface area (Å²) in [6, 6.07) is 18.3. The standard InChI is InChI=1S/C30H35N5O9S/c1-42-25-8-10-26(11-9-25)45(40,41)34(15-17-36)16-18-43-29-20-23(22-5-3-2-4-6-22)19-27(44-29)30(37)32-14-13-31-28-12-7-24(21-33-28)35(38)39/h2-12,19,21,23,29,36H,13-18,20H2,1H3,(H,31,33)(H,32,37)/t23-,29+/m0/s1. The van der Waals surface area contributed by atoms with Crippen LogP contribution in [0.3, 0.4) is 0 Å². The predicted octanol–water partition coefficient (Wildman–Crippen LogP) is 2.64. The fourth-order valence-corrected chi connectivity index (χ4v) is 5.96. The third-order valence-corrected chi connectivity index (χ3v) is 8.79. The lowest BCUT2D eigenvalue weighted by Crippen LogP contribution is -2.38. The van der Waals surface area contributed by atoms with Crippen molar-refractivity contribution < 1.29 is 37.5 Å². The van der Waals surface area contributed by atoms with Crippen LogP contribution >= 0.6 is 0 Å². The molecule has 3 aromatic rings. The number of aliphatic hydroxyl groups excluding tert-OH is 1. The van der Waals surface area contributed by atoms with Gasteiger partial charge in [-0.15, -0.1) is 0 Å². The molecule has 0 aliphatic carbocycles. The van der Waals surface area contributed by atoms with Crippen molar-refractivity contribution in [3.05, 3.63) is 100 Å². The number of pyridine rings is 1. The molecule has 1 amide bonds. The van der Waals surface area contributed by atoms with Crippen LogP contribution in [0.1, 0.15) is 17.9 Å². The molecule has 2 heterocycles. The summed E-state index contributed by atoms with van der Waals surface area (Å²) in [7, 11) is -2.44. The van der Waals surface area contributed by atoms with Crippen LogP contribution in [0.2, 0.25) is 0 Å². The summed E-state index contributed by atoms with van der Waals surface area (Å²) in [4.78, 5) is 27.3. The van der Waals surface area contributed by atoms with Crippen molar-refractivity contribution in [1.82, 2.24) is 14.6 Å². The van der Waals surface area contributed by atoms with Gasteiger partial charge in [-0.3, -0.25) is 14.9 Å². The molecule has 0 unspecified atom stereocenters. The number of nitrogens with zero attached hydrogens (tertiary/aromatic N) is 3. The highest BCUT2D eigenvalue weighted by Crippen LogP contribution is 2.31. The monoisotopic (exact) mass is 641 g/mol. The largest absolute Gasteiger partial charge is 0.497 e. The maximum absolute atomic E-state index is 13.2. The van der Waals surface area contributed by atoms with Gasteiger partial charge in [0.2, 0.25) is 16.3 Å². The van der Waals surface area contributed by atoms with Gasteiger partial charge < -0.3 is 30.0 Å². The van der Waals surface area contributed by atoms with Gasteiger partial charge in [-0.2, -0.15) is 4.31 Å². The molecule has 14 nitrogen and oxygen atoms in total. The van der Waals surface area contributed by atoms with Crippen molar-refractivity contribution in [3.8, 4) is 5.75 Å². The van der Waals surface area contributed by atoms with E-state index in [0.717, 1.165) is 16.1 Å². The molecule has 2 atom stereocenters. The summed E-state index contributed by atoms with van der Waals surface area (Å²) in [5, 5.41) is 26.1. The number of aromatic nitrogens is 1. The summed E-state index contributed by atoms with van der Waals surface area (Å²) in [6.45, 7) is -0.115. The number of hydrogen-bond donors (Lipinski definition) is 3. The van der Waals surface area contributed by atoms with E-state index in [9.17, 15) is 28.4 Å². The average molecular weight is 642 g/mol. The first-order valence-corrected chi connectivity index (χ1v) is 15.6. The Morgan fingerprint density at radius 2 is 1.87 bits per heavy atom. The van der Waals surface area contributed by atoms with Crippen molar-refractivity contribution in [2.75, 3.05) is 51.8 Å². The number of methoxy groups -OCH3 is 1. The zero-order valence-electron chi connectivity index (χ0n) is 24.6. The topological polar surface area (TPSA) is 182 Å². The van der Waals surface area contributed by atoms with E-state index in [-0.39, 0.29) is 55.1 Å². The summed E-state index contributed by atoms with van der Waals surface area (Å²) in [5.74, 6) is 0.326. The van der Waals surface area contributed by atoms with Crippen molar-refractivity contribution in [1.29, 1.82) is 0 Å². The molecule has 0 saturated carbocycles. The third kappa shape index (κ3) is 9.21. The van der Waals surface area contributed by atoms with Gasteiger partial charge in [-0.05, 0) is 42.0 Å². The second-order valence-corrected chi connectivity index (χ2v) is 11.8. The second-order valence-electron chi connectivity index (χ2n) is 9.85. The minimum Gasteiger partial charge on any atom is -0.497 e. The van der Waals surface area contributed by atoms with Gasteiger partial charge in [0.15, 0.2) is 5.76 Å². The number of allylic oxidation sites excluding steroid dienone is 1. The first-order valence-electron chi connectivity index (χ1n) is 14.1. The fraction of sp³-hybridized carbons (Fsp3) is 0.333. The highest BCUT2D eigenvalue weighted by atomic mass is 32.2. The highest BCUT2D eigenvalue weighted by molar-refractivity contribution is 7.89. The van der Waals surface area contributed by atoms with Crippen LogP contribution in [0.4, 0.5) is 11.5 Å². The Balaban J connectivity index is 1.36. The number of nitro groups is 1. The lowest BCUT2D eigenvalue weighted by atomic mass is 9.93. The SMILES string of the molecule is COc1ccc(S(=O)(=O)N(CCO)CCO[C@H]2C[C@@H](c3ccccc3)C=C(C(=O)NCCNc3ccc([N+](=O)[O-])cn3)O2)cc1. The fourth-order valence-electron chi connectivity index (χ4n) is 4.55. The van der Waals surface area contributed by atoms with Gasteiger partial charge in [0.1, 0.15) is 17.8 Å². The first-order chi connectivity index (χ1) is 21.7. The Morgan fingerprint density at radius 3 is 2.51 bits per heavy atom. The number of hydrogen-bond acceptors (Lipinski definition) is 11. The maximum Gasteiger partial charge on any atom is 0.287 e. The van der Waals surface area contributed by atoms with Crippen LogP contribution in [0.15, 0.2) is 89.7 Å². The lowest BCUT2D eigenvalue weighted by molar-refractivity contribution is -0.385. The predicted molar refractivity (Wildman–Crippen MR) is 164 cm³/mol. The molecular formula is C30H35N5O9S. The van der Waals surface area contributed by atoms with Gasteiger partial charge in [0.25, 0.3) is 11.6 Å². The molecular weight excluding hydrogens is 606 g/mol. The van der Waals surface area contributed by atoms with Crippen molar-refractivity contribution in [2.24, 2.45) is 0 Å². The zero-order chi connectivity index (χ0) is 32.2. The summed E-state index contributed by atoms with van der Waals surface area (Å²) in [6.07, 6.45) is 2.41. The van der Waals surface area contributed by atoms with Gasteiger partial charge in [-0.25, -0.2) is 13.4 Å². The number of sulfonamides is 1. The first kappa shape index (κ1) is 33.3. The van der Waals surface area contributed by atoms with Crippen molar-refractivity contribution >= 4 is 27.4 Å². The van der Waals surface area contributed by atoms with Crippen molar-refractivity contribution in [2.45, 2.75) is 23.5 Å². The maximum atomic E-state index is 13.2. The molecule has 0 saturated heterocycles. The molecule has 1 aromatic heterocycles. The number of rotatable bonds is 16. The Morgan fingerprint density at radius 1 is 1.11 bits per heavy atom. The number of amides is 1. The van der Waals surface area contributed by atoms with Crippen molar-refractivity contribution in [3.63, 3.8) is 0 Å². The Hall–Kier alpha value is -4.57. The third-order valence-electron chi connectivity index (χ3n) is 6.88. The van der Waals surface area contributed by atoms with Crippen LogP contribution in [-0.4, -0.2) is 86.4 Å². The van der Waals surface area contributed by atoms with E-state index in [0.29, 0.717) is 24.5 Å². The number of ether oxygens (including phenoxy) is 3. The minimum absolute atomic E-state index is 0.0514. The molecule has 0 bridgehead atoms. The Labute approximate surface area is 260 Å². The number of carbonyl (C=O) groups is 1. The zero-order valence-corrected chi connectivity index (χ0v) is 25.4. The molecule has 2 aromatic carbocycles. The number of carbonyl (C=O) groups excluding carboxylic acids is 1. The van der Waals surface area contributed by atoms with Crippen LogP contribution in [0.25, 0.3) is 0 Å². The second kappa shape index (κ2) is 15.9. The molecule has 0 spiro atoms. The van der Waals surface area contributed by atoms with Crippen LogP contribution in [0.5, 0.6) is 5.75 Å². The van der Waals surface area contributed by atoms with E-state index in [1.54, 1.807) is 18.2 Å². The van der Waals surface area contributed by atoms with Gasteiger partial charge in [-0.1, -0.05) is 30.3 Å². The molecule has 0 radical (unpaired) electrons. The molecule has 240 valence electrons. The van der Waals surface area contributed by atoms with E-state index in [1.165, 1.54) is 31.4 Å². The van der Waals surface area contributed by atoms with E-state index in [1.807, 2.05) is 30.3 Å². The molecule has 0 fully saturated rings. The average Bonchev–Trinajstić information content (AvgIpc) is 3.06. The summed E-state index contributed by atoms with van der Waals surface area (Å²) in [5.41, 5.74) is 0.828. The molecule has 3 N–H and O–H groups in total. The van der Waals surface area contributed by atoms with Crippen LogP contribution < -0.4 is 15.4 Å². The normalized spacial score (nSPS) is 16.4. The van der Waals surface area contributed by atoms with Crippen LogP contribution in [-0.2, 0) is 24.3 Å². The van der Waals surface area contributed by atoms with Gasteiger partial charge in [0.05, 0.1) is 30.1 Å². The summed E-state index contributed by atoms with van der Waals surface area (Å²) >= 11 is 0. The Bertz CT molecular complexity index is 1550. The smallest absolute Gasteiger partial charge is 0.287 e. The number of anilines is 1. The van der Waals surface area contributed by atoms with E-state index >= 15 is 0 Å². The molecule has 15 heteroatoms. The van der Waals surface area contributed by atoms with Crippen LogP contribution in [0, 0.1) is 10.1 Å². The molecule has 45 heavy (non-hydrogen) atoms. The molecule has 1 aliphatic rings. The van der Waals surface area contributed by atoms with E-state index in [2.05, 4.69) is 15.6 Å².